The predicted octanol–water partition coefficient (Wildman–Crippen LogP) is 7.65. The van der Waals surface area contributed by atoms with Gasteiger partial charge in [0.2, 0.25) is 0 Å². The lowest BCUT2D eigenvalue weighted by Gasteiger charge is -2.12. The Kier molecular flexibility index (Phi) is 13.2. The fourth-order valence-electron chi connectivity index (χ4n) is 3.66. The summed E-state index contributed by atoms with van der Waals surface area (Å²) in [6.07, 6.45) is 16.6. The van der Waals surface area contributed by atoms with E-state index in [4.69, 9.17) is 9.47 Å². The molecule has 1 aromatic heterocycles. The van der Waals surface area contributed by atoms with Crippen LogP contribution in [-0.4, -0.2) is 29.2 Å². The first-order valence-corrected chi connectivity index (χ1v) is 12.9. The molecule has 5 nitrogen and oxygen atoms in total. The molecular formula is C28H42N2O3. The van der Waals surface area contributed by atoms with E-state index in [1.807, 2.05) is 24.3 Å². The fourth-order valence-corrected chi connectivity index (χ4v) is 3.66. The molecule has 2 aromatic rings. The summed E-state index contributed by atoms with van der Waals surface area (Å²) in [5.74, 6) is 1.45. The van der Waals surface area contributed by atoms with Gasteiger partial charge in [-0.3, -0.25) is 0 Å². The van der Waals surface area contributed by atoms with Gasteiger partial charge >= 0.3 is 5.97 Å². The van der Waals surface area contributed by atoms with Crippen LogP contribution >= 0.6 is 0 Å². The zero-order valence-corrected chi connectivity index (χ0v) is 20.9. The highest BCUT2D eigenvalue weighted by atomic mass is 16.5. The fraction of sp³-hybridized carbons (Fsp3) is 0.607. The maximum Gasteiger partial charge on any atom is 0.341 e. The molecule has 0 bridgehead atoms. The molecule has 5 heteroatoms. The molecule has 33 heavy (non-hydrogen) atoms. The van der Waals surface area contributed by atoms with Crippen LogP contribution in [0.1, 0.15) is 102 Å². The molecule has 0 radical (unpaired) electrons. The smallest absolute Gasteiger partial charge is 0.341 e. The number of unbranched alkanes of at least 4 members (excludes halogenated alkanes) is 8. The Morgan fingerprint density at radius 2 is 1.45 bits per heavy atom. The molecule has 1 atom stereocenters. The minimum atomic E-state index is -0.361. The largest absolute Gasteiger partial charge is 0.494 e. The second-order valence-corrected chi connectivity index (χ2v) is 8.99. The summed E-state index contributed by atoms with van der Waals surface area (Å²) >= 11 is 0. The third-order valence-corrected chi connectivity index (χ3v) is 5.82. The Morgan fingerprint density at radius 3 is 2.12 bits per heavy atom. The highest BCUT2D eigenvalue weighted by Crippen LogP contribution is 2.20. The van der Waals surface area contributed by atoms with Crippen LogP contribution in [0.4, 0.5) is 0 Å². The number of carbonyl (C=O) groups is 1. The van der Waals surface area contributed by atoms with E-state index in [9.17, 15) is 4.79 Å². The summed E-state index contributed by atoms with van der Waals surface area (Å²) in [5, 5.41) is 0. The minimum Gasteiger partial charge on any atom is -0.494 e. The van der Waals surface area contributed by atoms with Gasteiger partial charge in [0.1, 0.15) is 5.75 Å². The van der Waals surface area contributed by atoms with Crippen LogP contribution < -0.4 is 4.74 Å². The Balaban J connectivity index is 1.73. The van der Waals surface area contributed by atoms with Crippen molar-refractivity contribution in [1.29, 1.82) is 0 Å². The first kappa shape index (κ1) is 26.8. The van der Waals surface area contributed by atoms with Crippen molar-refractivity contribution >= 4 is 5.97 Å². The van der Waals surface area contributed by atoms with E-state index in [1.54, 1.807) is 12.4 Å². The van der Waals surface area contributed by atoms with Gasteiger partial charge in [0.05, 0.1) is 18.8 Å². The quantitative estimate of drug-likeness (QED) is 0.181. The first-order chi connectivity index (χ1) is 16.1. The predicted molar refractivity (Wildman–Crippen MR) is 135 cm³/mol. The summed E-state index contributed by atoms with van der Waals surface area (Å²) in [6, 6.07) is 7.79. The normalized spacial score (nSPS) is 11.8. The van der Waals surface area contributed by atoms with Gasteiger partial charge in [-0.1, -0.05) is 78.6 Å². The SMILES string of the molecule is CCCCCCCCOc1ccc(-c2ncc(C(=O)OCC(C)CCCCCC)cn2)cc1. The number of nitrogens with zero attached hydrogens (tertiary/aromatic N) is 2. The van der Waals surface area contributed by atoms with Crippen molar-refractivity contribution in [3.63, 3.8) is 0 Å². The lowest BCUT2D eigenvalue weighted by Crippen LogP contribution is -2.13. The van der Waals surface area contributed by atoms with Crippen molar-refractivity contribution in [2.24, 2.45) is 5.92 Å². The van der Waals surface area contributed by atoms with Crippen LogP contribution in [0.5, 0.6) is 5.75 Å². The molecule has 1 unspecified atom stereocenters. The van der Waals surface area contributed by atoms with Gasteiger partial charge in [0.15, 0.2) is 5.82 Å². The number of carbonyl (C=O) groups excluding carboxylic acids is 1. The van der Waals surface area contributed by atoms with E-state index >= 15 is 0 Å². The Hall–Kier alpha value is -2.43. The van der Waals surface area contributed by atoms with Gasteiger partial charge in [-0.2, -0.15) is 0 Å². The summed E-state index contributed by atoms with van der Waals surface area (Å²) in [7, 11) is 0. The summed E-state index contributed by atoms with van der Waals surface area (Å²) in [6.45, 7) is 7.75. The average Bonchev–Trinajstić information content (AvgIpc) is 2.85. The Labute approximate surface area is 200 Å². The van der Waals surface area contributed by atoms with E-state index in [1.165, 1.54) is 57.8 Å². The molecule has 182 valence electrons. The van der Waals surface area contributed by atoms with E-state index in [-0.39, 0.29) is 5.97 Å². The van der Waals surface area contributed by atoms with Crippen LogP contribution in [0.2, 0.25) is 0 Å². The van der Waals surface area contributed by atoms with E-state index in [0.717, 1.165) is 30.8 Å². The van der Waals surface area contributed by atoms with Gasteiger partial charge in [-0.15, -0.1) is 0 Å². The number of esters is 1. The van der Waals surface area contributed by atoms with Crippen LogP contribution in [0.15, 0.2) is 36.7 Å². The molecule has 2 rings (SSSR count). The molecule has 0 aliphatic carbocycles. The third-order valence-electron chi connectivity index (χ3n) is 5.82. The number of hydrogen-bond donors (Lipinski definition) is 0. The maximum absolute atomic E-state index is 12.3. The van der Waals surface area contributed by atoms with Gasteiger partial charge < -0.3 is 9.47 Å². The maximum atomic E-state index is 12.3. The van der Waals surface area contributed by atoms with Crippen molar-refractivity contribution in [3.05, 3.63) is 42.2 Å². The molecule has 0 aliphatic heterocycles. The molecule has 0 N–H and O–H groups in total. The molecule has 0 amide bonds. The molecular weight excluding hydrogens is 412 g/mol. The van der Waals surface area contributed by atoms with Gasteiger partial charge in [-0.25, -0.2) is 14.8 Å². The molecule has 0 saturated carbocycles. The lowest BCUT2D eigenvalue weighted by molar-refractivity contribution is 0.0441. The number of aromatic nitrogens is 2. The van der Waals surface area contributed by atoms with E-state index in [0.29, 0.717) is 23.9 Å². The van der Waals surface area contributed by atoms with E-state index < -0.39 is 0 Å². The molecule has 0 saturated heterocycles. The van der Waals surface area contributed by atoms with Crippen molar-refractivity contribution in [2.75, 3.05) is 13.2 Å². The summed E-state index contributed by atoms with van der Waals surface area (Å²) in [5.41, 5.74) is 1.28. The van der Waals surface area contributed by atoms with Gasteiger partial charge in [0, 0.05) is 18.0 Å². The zero-order valence-electron chi connectivity index (χ0n) is 20.9. The standard InChI is InChI=1S/C28H42N2O3/c1-4-6-8-10-11-13-19-32-26-17-15-24(16-18-26)27-29-20-25(21-30-27)28(31)33-22-23(3)14-12-9-7-5-2/h15-18,20-21,23H,4-14,19,22H2,1-3H3. The summed E-state index contributed by atoms with van der Waals surface area (Å²) in [4.78, 5) is 21.0. The van der Waals surface area contributed by atoms with Crippen molar-refractivity contribution < 1.29 is 14.3 Å². The van der Waals surface area contributed by atoms with Crippen LogP contribution in [0.25, 0.3) is 11.4 Å². The first-order valence-electron chi connectivity index (χ1n) is 12.9. The lowest BCUT2D eigenvalue weighted by atomic mass is 10.0. The molecule has 0 fully saturated rings. The second-order valence-electron chi connectivity index (χ2n) is 8.99. The molecule has 0 aliphatic rings. The molecule has 0 spiro atoms. The number of hydrogen-bond acceptors (Lipinski definition) is 5. The highest BCUT2D eigenvalue weighted by Gasteiger charge is 2.12. The molecule has 1 heterocycles. The minimum absolute atomic E-state index is 0.361. The second kappa shape index (κ2) is 16.2. The number of rotatable bonds is 17. The van der Waals surface area contributed by atoms with Crippen LogP contribution in [0, 0.1) is 5.92 Å². The van der Waals surface area contributed by atoms with E-state index in [2.05, 4.69) is 30.7 Å². The van der Waals surface area contributed by atoms with Gasteiger partial charge in [0.25, 0.3) is 0 Å². The van der Waals surface area contributed by atoms with Crippen molar-refractivity contribution in [1.82, 2.24) is 9.97 Å². The summed E-state index contributed by atoms with van der Waals surface area (Å²) < 4.78 is 11.3. The average molecular weight is 455 g/mol. The van der Waals surface area contributed by atoms with Crippen LogP contribution in [-0.2, 0) is 4.74 Å². The van der Waals surface area contributed by atoms with Crippen molar-refractivity contribution in [3.8, 4) is 17.1 Å². The Morgan fingerprint density at radius 1 is 0.848 bits per heavy atom. The number of ether oxygens (including phenoxy) is 2. The molecule has 1 aromatic carbocycles. The monoisotopic (exact) mass is 454 g/mol. The zero-order chi connectivity index (χ0) is 23.7. The van der Waals surface area contributed by atoms with Crippen molar-refractivity contribution in [2.45, 2.75) is 91.4 Å². The Bertz CT molecular complexity index is 775. The number of benzene rings is 1. The van der Waals surface area contributed by atoms with Crippen LogP contribution in [0.3, 0.4) is 0 Å². The highest BCUT2D eigenvalue weighted by molar-refractivity contribution is 5.88. The third kappa shape index (κ3) is 10.8. The topological polar surface area (TPSA) is 61.3 Å². The van der Waals surface area contributed by atoms with Gasteiger partial charge in [-0.05, 0) is 43.0 Å².